The molecule has 0 saturated heterocycles. The Morgan fingerprint density at radius 3 is 1.40 bits per heavy atom. The molecule has 8 rings (SSSR count). The topological polar surface area (TPSA) is 165 Å². The van der Waals surface area contributed by atoms with E-state index in [-0.39, 0.29) is 107 Å². The second-order valence-electron chi connectivity index (χ2n) is 25.5. The molecular formula is C60H87F10IN2O9S2. The molecule has 0 aromatic heterocycles. The van der Waals surface area contributed by atoms with Gasteiger partial charge in [-0.25, -0.2) is 0 Å². The van der Waals surface area contributed by atoms with Crippen LogP contribution in [0, 0.1) is 46.3 Å². The molecule has 0 radical (unpaired) electrons. The van der Waals surface area contributed by atoms with Crippen molar-refractivity contribution in [2.75, 3.05) is 64.3 Å². The maximum absolute atomic E-state index is 13.2. The van der Waals surface area contributed by atoms with Crippen molar-refractivity contribution < 1.29 is 87.1 Å². The first-order valence-electron chi connectivity index (χ1n) is 29.2. The number of aromatic hydroxyl groups is 1. The van der Waals surface area contributed by atoms with Gasteiger partial charge in [-0.05, 0) is 236 Å². The average molecular weight is 1360 g/mol. The Labute approximate surface area is 510 Å². The number of carboxylic acids is 1. The monoisotopic (exact) mass is 1360 g/mol. The van der Waals surface area contributed by atoms with Gasteiger partial charge >= 0.3 is 36.1 Å². The lowest BCUT2D eigenvalue weighted by Crippen LogP contribution is -2.47. The van der Waals surface area contributed by atoms with E-state index < -0.39 is 77.4 Å². The van der Waals surface area contributed by atoms with Gasteiger partial charge in [0.05, 0.1) is 25.3 Å². The van der Waals surface area contributed by atoms with Crippen LogP contribution < -0.4 is 4.74 Å². The van der Waals surface area contributed by atoms with Gasteiger partial charge in [0, 0.05) is 57.5 Å². The number of aliphatic carboxylic acids is 1. The van der Waals surface area contributed by atoms with Crippen LogP contribution in [-0.4, -0.2) is 151 Å². The van der Waals surface area contributed by atoms with E-state index in [2.05, 4.69) is 19.9 Å². The molecule has 4 saturated carbocycles. The Hall–Kier alpha value is -2.65. The molecule has 0 aliphatic heterocycles. The highest BCUT2D eigenvalue weighted by Gasteiger charge is 2.60. The second-order valence-corrected chi connectivity index (χ2v) is 28.9. The molecule has 84 heavy (non-hydrogen) atoms. The van der Waals surface area contributed by atoms with Crippen molar-refractivity contribution in [2.45, 2.75) is 178 Å². The zero-order valence-corrected chi connectivity index (χ0v) is 52.9. The number of benzene rings is 2. The molecule has 2 unspecified atom stereocenters. The van der Waals surface area contributed by atoms with Crippen LogP contribution in [-0.2, 0) is 44.0 Å². The van der Waals surface area contributed by atoms with Crippen molar-refractivity contribution in [2.24, 2.45) is 46.3 Å². The number of hydrogen-bond donors (Lipinski definition) is 4. The normalized spacial score (nSPS) is 29.7. The molecule has 0 bridgehead atoms. The predicted octanol–water partition coefficient (Wildman–Crippen LogP) is 12.7. The zero-order valence-electron chi connectivity index (χ0n) is 48.9. The number of aliphatic hydroxyl groups excluding tert-OH is 2. The third-order valence-electron chi connectivity index (χ3n) is 19.2. The number of rotatable bonds is 21. The number of esters is 1. The first-order valence-corrected chi connectivity index (χ1v) is 32.2. The number of alkyl halides is 10. The largest absolute Gasteiger partial charge is 0.508 e. The first-order chi connectivity index (χ1) is 38.6. The molecule has 480 valence electrons. The highest BCUT2D eigenvalue weighted by Crippen LogP contribution is 2.64. The van der Waals surface area contributed by atoms with E-state index >= 15 is 0 Å². The number of carbonyl (C=O) groups is 2. The first kappa shape index (κ1) is 72.1. The molecule has 0 spiro atoms. The van der Waals surface area contributed by atoms with Gasteiger partial charge in [0.1, 0.15) is 11.5 Å². The van der Waals surface area contributed by atoms with Gasteiger partial charge in [0.15, 0.2) is 0 Å². The number of phenols is 1. The molecule has 11 nitrogen and oxygen atoms in total. The van der Waals surface area contributed by atoms with Crippen molar-refractivity contribution in [1.29, 1.82) is 0 Å². The van der Waals surface area contributed by atoms with Crippen LogP contribution in [0.4, 0.5) is 43.9 Å². The van der Waals surface area contributed by atoms with E-state index in [0.717, 1.165) is 88.2 Å². The Morgan fingerprint density at radius 1 is 0.607 bits per heavy atom. The summed E-state index contributed by atoms with van der Waals surface area (Å²) in [6.45, 7) is 4.66. The lowest BCUT2D eigenvalue weighted by atomic mass is 9.52. The van der Waals surface area contributed by atoms with E-state index in [0.29, 0.717) is 54.1 Å². The van der Waals surface area contributed by atoms with Gasteiger partial charge < -0.3 is 25.2 Å². The van der Waals surface area contributed by atoms with Gasteiger partial charge in [-0.2, -0.15) is 43.9 Å². The molecule has 0 heterocycles. The lowest BCUT2D eigenvalue weighted by molar-refractivity contribution is -0.284. The van der Waals surface area contributed by atoms with Gasteiger partial charge in [0.25, 0.3) is 0 Å². The molecule has 2 aromatic carbocycles. The number of halogens is 11. The SMILES string of the molecule is CN(C)CC(=O)O.CN(C)CC(=O)Oc1ccc2c(c1)C[C@@H](CCCS(=O)CCCC(F)(F)C(F)(F)F)[C@@H]1[C@@H]2CC[C@]2(C)[C@@H](O)CC[C@@H]12.C[C@]12CC[C@@H]3c4ccc(O)cc4C[C@@H](CCCS(=O)CCCC(F)(F)C(F)(F)F)[C@H]3[C@@H]1CC[C@@H]2O.I. The Balaban J connectivity index is 0.000000275. The summed E-state index contributed by atoms with van der Waals surface area (Å²) in [7, 11) is 4.10. The fourth-order valence-corrected chi connectivity index (χ4v) is 17.5. The maximum atomic E-state index is 13.2. The summed E-state index contributed by atoms with van der Waals surface area (Å²) in [5.41, 5.74) is 4.54. The fraction of sp³-hybridized carbons (Fsp3) is 0.767. The summed E-state index contributed by atoms with van der Waals surface area (Å²) >= 11 is 0. The van der Waals surface area contributed by atoms with Crippen LogP contribution in [0.5, 0.6) is 11.5 Å². The highest BCUT2D eigenvalue weighted by molar-refractivity contribution is 14.0. The summed E-state index contributed by atoms with van der Waals surface area (Å²) in [5.74, 6) is -7.09. The van der Waals surface area contributed by atoms with Crippen LogP contribution >= 0.6 is 24.0 Å². The van der Waals surface area contributed by atoms with Crippen molar-refractivity contribution in [1.82, 2.24) is 9.80 Å². The number of carboxylic acid groups (broad SMARTS) is 1. The van der Waals surface area contributed by atoms with Crippen molar-refractivity contribution in [3.63, 3.8) is 0 Å². The van der Waals surface area contributed by atoms with E-state index in [1.807, 2.05) is 24.3 Å². The minimum atomic E-state index is -5.59. The van der Waals surface area contributed by atoms with E-state index in [9.17, 15) is 77.2 Å². The summed E-state index contributed by atoms with van der Waals surface area (Å²) in [6.07, 6.45) is -3.82. The summed E-state index contributed by atoms with van der Waals surface area (Å²) in [5, 5.41) is 39.7. The molecule has 14 atom stereocenters. The number of fused-ring (bicyclic) bond motifs is 10. The van der Waals surface area contributed by atoms with Crippen LogP contribution in [0.3, 0.4) is 0 Å². The summed E-state index contributed by atoms with van der Waals surface area (Å²) in [4.78, 5) is 25.4. The Kier molecular flexibility index (Phi) is 25.6. The van der Waals surface area contributed by atoms with Crippen molar-refractivity contribution in [3.05, 3.63) is 58.7 Å². The van der Waals surface area contributed by atoms with E-state index in [1.54, 1.807) is 44.1 Å². The van der Waals surface area contributed by atoms with Gasteiger partial charge in [0.2, 0.25) is 0 Å². The number of likely N-dealkylation sites (N-methyl/N-ethyl adjacent to an activating group) is 2. The number of hydrogen-bond acceptors (Lipinski definition) is 10. The standard InChI is InChI=1S/C30H42F5NO4S.C26H35F5O3S.C4H9NO2.HI/c1-28-13-11-23-22-8-7-21(40-26(38)18-36(2)3)17-20(22)16-19(27(23)24(28)9-10-25(28)37)6-4-14-41(39)15-5-12-29(31,32)30(33,34)35;1-24-11-9-20-19-6-5-18(32)15-17(19)14-16(23(20)21(24)7-8-22(24)33)4-2-12-35(34)13-3-10-25(27,28)26(29,30)31;1-5(2)3-4(6)7;/h7-8,17,19,23-25,27,37H,4-6,9-16,18H2,1-3H3;5-6,15-16,20-23,32-33H,2-4,7-14H2,1H3;3H2,1-2H3,(H,6,7);1H/t19-,23-,24+,25+,27-,28+,41?;16-,20-,21+,22+,23-,24+,35?;;/m11../s1. The van der Waals surface area contributed by atoms with Crippen LogP contribution in [0.1, 0.15) is 151 Å². The summed E-state index contributed by atoms with van der Waals surface area (Å²) < 4.78 is 157. The van der Waals surface area contributed by atoms with Crippen LogP contribution in [0.15, 0.2) is 36.4 Å². The molecule has 6 aliphatic rings. The fourth-order valence-electron chi connectivity index (χ4n) is 15.2. The number of carbonyl (C=O) groups excluding carboxylic acids is 1. The molecule has 4 N–H and O–H groups in total. The molecule has 0 amide bonds. The Morgan fingerprint density at radius 2 is 1.01 bits per heavy atom. The van der Waals surface area contributed by atoms with Gasteiger partial charge in [-0.3, -0.25) is 27.8 Å². The van der Waals surface area contributed by atoms with Crippen molar-refractivity contribution in [3.8, 4) is 11.5 Å². The van der Waals surface area contributed by atoms with Gasteiger partial charge in [-0.15, -0.1) is 24.0 Å². The maximum Gasteiger partial charge on any atom is 0.453 e. The minimum absolute atomic E-state index is 0. The quantitative estimate of drug-likeness (QED) is 0.0407. The molecule has 6 aliphatic carbocycles. The third-order valence-corrected chi connectivity index (χ3v) is 22.2. The minimum Gasteiger partial charge on any atom is -0.508 e. The molecular weight excluding hydrogens is 1270 g/mol. The lowest BCUT2D eigenvalue weighted by Gasteiger charge is -2.53. The zero-order chi connectivity index (χ0) is 61.6. The number of ether oxygens (including phenoxy) is 1. The van der Waals surface area contributed by atoms with Crippen LogP contribution in [0.2, 0.25) is 0 Å². The predicted molar refractivity (Wildman–Crippen MR) is 314 cm³/mol. The third kappa shape index (κ3) is 17.8. The van der Waals surface area contributed by atoms with E-state index in [1.165, 1.54) is 11.1 Å². The average Bonchev–Trinajstić information content (AvgIpc) is 2.74. The smallest absolute Gasteiger partial charge is 0.453 e. The summed E-state index contributed by atoms with van der Waals surface area (Å²) in [6, 6.07) is 11.5. The Bertz CT molecular complexity index is 2560. The van der Waals surface area contributed by atoms with Crippen molar-refractivity contribution >= 4 is 57.5 Å². The molecule has 2 aromatic rings. The number of nitrogens with zero attached hydrogens (tertiary/aromatic N) is 2. The van der Waals surface area contributed by atoms with Gasteiger partial charge in [-0.1, -0.05) is 26.0 Å². The van der Waals surface area contributed by atoms with E-state index in [4.69, 9.17) is 9.84 Å². The number of phenolic OH excluding ortho intramolecular Hbond substituents is 1. The number of aliphatic hydroxyl groups is 2. The van der Waals surface area contributed by atoms with Crippen LogP contribution in [0.25, 0.3) is 0 Å². The molecule has 24 heteroatoms. The second kappa shape index (κ2) is 29.8. The molecule has 4 fully saturated rings. The highest BCUT2D eigenvalue weighted by atomic mass is 127.